The molecule has 0 spiro atoms. The molecule has 25 heavy (non-hydrogen) atoms. The first-order chi connectivity index (χ1) is 11.8. The molecule has 0 aliphatic carbocycles. The number of carboxylic acid groups (broad SMARTS) is 1. The molecule has 1 aromatic carbocycles. The number of amides is 1. The van der Waals surface area contributed by atoms with Gasteiger partial charge < -0.3 is 14.7 Å². The molecule has 1 unspecified atom stereocenters. The summed E-state index contributed by atoms with van der Waals surface area (Å²) in [4.78, 5) is 37.0. The second-order valence-electron chi connectivity index (χ2n) is 5.99. The zero-order valence-electron chi connectivity index (χ0n) is 14.1. The van der Waals surface area contributed by atoms with Gasteiger partial charge in [-0.25, -0.2) is 0 Å². The van der Waals surface area contributed by atoms with Crippen LogP contribution in [0.25, 0.3) is 0 Å². The molecule has 8 nitrogen and oxygen atoms in total. The SMILES string of the molecule is COCC1(C(=O)O)CCCN(C(=O)c2ccc(SC)c([N+](=O)[O-])c2)C1. The van der Waals surface area contributed by atoms with Crippen molar-refractivity contribution in [1.82, 2.24) is 4.90 Å². The van der Waals surface area contributed by atoms with Gasteiger partial charge in [-0.3, -0.25) is 19.7 Å². The van der Waals surface area contributed by atoms with E-state index in [1.54, 1.807) is 12.3 Å². The molecule has 1 heterocycles. The molecule has 1 amide bonds. The van der Waals surface area contributed by atoms with Crippen molar-refractivity contribution in [3.63, 3.8) is 0 Å². The van der Waals surface area contributed by atoms with Gasteiger partial charge in [-0.05, 0) is 31.2 Å². The molecule has 1 aliphatic rings. The van der Waals surface area contributed by atoms with Gasteiger partial charge in [0.25, 0.3) is 11.6 Å². The molecule has 0 bridgehead atoms. The molecular formula is C16H20N2O6S. The summed E-state index contributed by atoms with van der Waals surface area (Å²) < 4.78 is 5.05. The Morgan fingerprint density at radius 1 is 1.48 bits per heavy atom. The maximum absolute atomic E-state index is 12.8. The Labute approximate surface area is 149 Å². The van der Waals surface area contributed by atoms with Crippen molar-refractivity contribution < 1.29 is 24.4 Å². The Morgan fingerprint density at radius 3 is 2.76 bits per heavy atom. The van der Waals surface area contributed by atoms with Crippen molar-refractivity contribution >= 4 is 29.3 Å². The number of methoxy groups -OCH3 is 1. The number of carbonyl (C=O) groups excluding carboxylic acids is 1. The molecule has 2 rings (SSSR count). The van der Waals surface area contributed by atoms with Gasteiger partial charge >= 0.3 is 5.97 Å². The number of piperidine rings is 1. The molecule has 1 aliphatic heterocycles. The predicted octanol–water partition coefficient (Wildman–Crippen LogP) is 2.27. The van der Waals surface area contributed by atoms with Gasteiger partial charge in [-0.1, -0.05) is 0 Å². The van der Waals surface area contributed by atoms with Crippen LogP contribution < -0.4 is 0 Å². The van der Waals surface area contributed by atoms with Crippen LogP contribution in [0.5, 0.6) is 0 Å². The van der Waals surface area contributed by atoms with Crippen molar-refractivity contribution in [2.24, 2.45) is 5.41 Å². The van der Waals surface area contributed by atoms with E-state index in [2.05, 4.69) is 0 Å². The van der Waals surface area contributed by atoms with Crippen LogP contribution in [-0.2, 0) is 9.53 Å². The smallest absolute Gasteiger partial charge is 0.313 e. The van der Waals surface area contributed by atoms with Crippen molar-refractivity contribution in [1.29, 1.82) is 0 Å². The molecule has 1 aromatic rings. The predicted molar refractivity (Wildman–Crippen MR) is 92.0 cm³/mol. The average Bonchev–Trinajstić information content (AvgIpc) is 2.60. The number of nitro benzene ring substituents is 1. The molecule has 1 fully saturated rings. The summed E-state index contributed by atoms with van der Waals surface area (Å²) in [5, 5.41) is 20.7. The van der Waals surface area contributed by atoms with E-state index in [0.717, 1.165) is 0 Å². The number of nitrogens with zero attached hydrogens (tertiary/aromatic N) is 2. The summed E-state index contributed by atoms with van der Waals surface area (Å²) in [5.74, 6) is -1.41. The highest BCUT2D eigenvalue weighted by Gasteiger charge is 2.44. The van der Waals surface area contributed by atoms with Crippen molar-refractivity contribution in [3.8, 4) is 0 Å². The number of hydrogen-bond donors (Lipinski definition) is 1. The summed E-state index contributed by atoms with van der Waals surface area (Å²) in [6, 6.07) is 4.33. The Morgan fingerprint density at radius 2 is 2.20 bits per heavy atom. The van der Waals surface area contributed by atoms with E-state index in [1.807, 2.05) is 0 Å². The zero-order chi connectivity index (χ0) is 18.6. The van der Waals surface area contributed by atoms with Gasteiger partial charge in [-0.15, -0.1) is 11.8 Å². The number of carbonyl (C=O) groups is 2. The maximum atomic E-state index is 12.8. The highest BCUT2D eigenvalue weighted by molar-refractivity contribution is 7.98. The third-order valence-electron chi connectivity index (χ3n) is 4.36. The molecule has 9 heteroatoms. The van der Waals surface area contributed by atoms with E-state index < -0.39 is 22.2 Å². The third-order valence-corrected chi connectivity index (χ3v) is 5.15. The fourth-order valence-electron chi connectivity index (χ4n) is 3.08. The van der Waals surface area contributed by atoms with Gasteiger partial charge in [0, 0.05) is 31.8 Å². The number of likely N-dealkylation sites (tertiary alicyclic amines) is 1. The van der Waals surface area contributed by atoms with Crippen LogP contribution in [0.3, 0.4) is 0 Å². The van der Waals surface area contributed by atoms with E-state index >= 15 is 0 Å². The van der Waals surface area contributed by atoms with Gasteiger partial charge in [-0.2, -0.15) is 0 Å². The second-order valence-corrected chi connectivity index (χ2v) is 6.84. The average molecular weight is 368 g/mol. The summed E-state index contributed by atoms with van der Waals surface area (Å²) in [6.45, 7) is 0.445. The van der Waals surface area contributed by atoms with Crippen LogP contribution in [0.15, 0.2) is 23.1 Å². The Kier molecular flexibility index (Phi) is 6.02. The molecule has 136 valence electrons. The normalized spacial score (nSPS) is 20.3. The lowest BCUT2D eigenvalue weighted by molar-refractivity contribution is -0.387. The molecule has 0 radical (unpaired) electrons. The van der Waals surface area contributed by atoms with Gasteiger partial charge in [0.2, 0.25) is 0 Å². The van der Waals surface area contributed by atoms with Gasteiger partial charge in [0.05, 0.1) is 16.4 Å². The van der Waals surface area contributed by atoms with E-state index in [9.17, 15) is 24.8 Å². The Balaban J connectivity index is 2.29. The Bertz CT molecular complexity index is 691. The fraction of sp³-hybridized carbons (Fsp3) is 0.500. The number of aliphatic carboxylic acids is 1. The van der Waals surface area contributed by atoms with E-state index in [1.165, 1.54) is 35.9 Å². The van der Waals surface area contributed by atoms with E-state index in [4.69, 9.17) is 4.74 Å². The number of carboxylic acids is 1. The second kappa shape index (κ2) is 7.83. The number of nitro groups is 1. The lowest BCUT2D eigenvalue weighted by Crippen LogP contribution is -2.52. The monoisotopic (exact) mass is 368 g/mol. The van der Waals surface area contributed by atoms with Gasteiger partial charge in [0.1, 0.15) is 5.41 Å². The highest BCUT2D eigenvalue weighted by atomic mass is 32.2. The summed E-state index contributed by atoms with van der Waals surface area (Å²) in [5.41, 5.74) is -1.09. The van der Waals surface area contributed by atoms with Crippen LogP contribution in [0.2, 0.25) is 0 Å². The van der Waals surface area contributed by atoms with Crippen LogP contribution in [-0.4, -0.2) is 59.9 Å². The fourth-order valence-corrected chi connectivity index (χ4v) is 3.63. The van der Waals surface area contributed by atoms with Crippen LogP contribution >= 0.6 is 11.8 Å². The lowest BCUT2D eigenvalue weighted by atomic mass is 9.80. The summed E-state index contributed by atoms with van der Waals surface area (Å²) >= 11 is 1.23. The number of rotatable bonds is 6. The van der Waals surface area contributed by atoms with Crippen molar-refractivity contribution in [2.45, 2.75) is 17.7 Å². The largest absolute Gasteiger partial charge is 0.481 e. The number of ether oxygens (including phenoxy) is 1. The maximum Gasteiger partial charge on any atom is 0.313 e. The quantitative estimate of drug-likeness (QED) is 0.466. The minimum absolute atomic E-state index is 0.0116. The molecule has 1 atom stereocenters. The zero-order valence-corrected chi connectivity index (χ0v) is 14.9. The lowest BCUT2D eigenvalue weighted by Gasteiger charge is -2.39. The molecule has 0 saturated carbocycles. The van der Waals surface area contributed by atoms with Crippen LogP contribution in [0.1, 0.15) is 23.2 Å². The van der Waals surface area contributed by atoms with Crippen molar-refractivity contribution in [2.75, 3.05) is 33.1 Å². The first-order valence-corrected chi connectivity index (χ1v) is 8.91. The number of benzene rings is 1. The Hall–Kier alpha value is -2.13. The van der Waals surface area contributed by atoms with Crippen LogP contribution in [0.4, 0.5) is 5.69 Å². The topological polar surface area (TPSA) is 110 Å². The van der Waals surface area contributed by atoms with E-state index in [0.29, 0.717) is 24.3 Å². The standard InChI is InChI=1S/C16H20N2O6S/c1-24-10-16(15(20)21)6-3-7-17(9-16)14(19)11-4-5-13(25-2)12(8-11)18(22)23/h4-5,8H,3,6-7,9-10H2,1-2H3,(H,20,21). The van der Waals surface area contributed by atoms with E-state index in [-0.39, 0.29) is 24.4 Å². The summed E-state index contributed by atoms with van der Waals surface area (Å²) in [6.07, 6.45) is 2.68. The summed E-state index contributed by atoms with van der Waals surface area (Å²) in [7, 11) is 1.43. The minimum Gasteiger partial charge on any atom is -0.481 e. The molecular weight excluding hydrogens is 348 g/mol. The highest BCUT2D eigenvalue weighted by Crippen LogP contribution is 2.33. The first kappa shape index (κ1) is 19.2. The van der Waals surface area contributed by atoms with Crippen molar-refractivity contribution in [3.05, 3.63) is 33.9 Å². The van der Waals surface area contributed by atoms with Crippen LogP contribution in [0, 0.1) is 15.5 Å². The third kappa shape index (κ3) is 3.93. The number of thioether (sulfide) groups is 1. The molecule has 1 saturated heterocycles. The molecule has 0 aromatic heterocycles. The first-order valence-electron chi connectivity index (χ1n) is 7.68. The number of hydrogen-bond acceptors (Lipinski definition) is 6. The molecule has 1 N–H and O–H groups in total. The van der Waals surface area contributed by atoms with Gasteiger partial charge in [0.15, 0.2) is 0 Å². The minimum atomic E-state index is -1.15.